The van der Waals surface area contributed by atoms with E-state index in [0.29, 0.717) is 17.9 Å². The Kier molecular flexibility index (Phi) is 10.2. The van der Waals surface area contributed by atoms with Gasteiger partial charge in [-0.25, -0.2) is 4.98 Å². The summed E-state index contributed by atoms with van der Waals surface area (Å²) in [5.74, 6) is 3.14. The molecule has 2 aromatic carbocycles. The summed E-state index contributed by atoms with van der Waals surface area (Å²) in [4.78, 5) is 9.72. The second-order valence-corrected chi connectivity index (χ2v) is 7.99. The first-order chi connectivity index (χ1) is 16.1. The fourth-order valence-corrected chi connectivity index (χ4v) is 4.24. The van der Waals surface area contributed by atoms with E-state index in [-0.39, 0.29) is 24.8 Å². The van der Waals surface area contributed by atoms with Crippen molar-refractivity contribution in [2.45, 2.75) is 33.1 Å². The normalized spacial score (nSPS) is 10.4. The van der Waals surface area contributed by atoms with Crippen molar-refractivity contribution < 1.29 is 14.2 Å². The van der Waals surface area contributed by atoms with Gasteiger partial charge >= 0.3 is 0 Å². The molecule has 2 aromatic heterocycles. The van der Waals surface area contributed by atoms with E-state index in [2.05, 4.69) is 31.3 Å². The summed E-state index contributed by atoms with van der Waals surface area (Å²) >= 11 is 0. The van der Waals surface area contributed by atoms with E-state index in [1.165, 1.54) is 0 Å². The quantitative estimate of drug-likeness (QED) is 0.268. The summed E-state index contributed by atoms with van der Waals surface area (Å²) in [6.45, 7) is 5.04. The summed E-state index contributed by atoms with van der Waals surface area (Å²) < 4.78 is 16.6. The van der Waals surface area contributed by atoms with E-state index in [4.69, 9.17) is 24.2 Å². The third kappa shape index (κ3) is 5.82. The van der Waals surface area contributed by atoms with Crippen molar-refractivity contribution in [2.24, 2.45) is 0 Å². The number of aryl methyl sites for hydroxylation is 1. The molecule has 0 aliphatic carbocycles. The van der Waals surface area contributed by atoms with Crippen molar-refractivity contribution in [3.8, 4) is 17.2 Å². The molecule has 0 saturated heterocycles. The molecule has 35 heavy (non-hydrogen) atoms. The van der Waals surface area contributed by atoms with Crippen LogP contribution in [0.3, 0.4) is 0 Å². The van der Waals surface area contributed by atoms with Crippen LogP contribution < -0.4 is 19.5 Å². The predicted octanol–water partition coefficient (Wildman–Crippen LogP) is 6.63. The number of halogens is 2. The lowest BCUT2D eigenvalue weighted by Crippen LogP contribution is -2.06. The summed E-state index contributed by atoms with van der Waals surface area (Å²) in [5.41, 5.74) is 4.24. The van der Waals surface area contributed by atoms with E-state index < -0.39 is 0 Å². The van der Waals surface area contributed by atoms with Gasteiger partial charge in [-0.1, -0.05) is 13.3 Å². The second kappa shape index (κ2) is 12.7. The van der Waals surface area contributed by atoms with Gasteiger partial charge in [0.1, 0.15) is 11.6 Å². The topological polar surface area (TPSA) is 65.5 Å². The Morgan fingerprint density at radius 3 is 2.17 bits per heavy atom. The number of benzene rings is 2. The fourth-order valence-electron chi connectivity index (χ4n) is 4.24. The number of ether oxygens (including phenoxy) is 3. The van der Waals surface area contributed by atoms with Gasteiger partial charge in [-0.2, -0.15) is 0 Å². The molecule has 1 N–H and O–H groups in total. The molecule has 0 aliphatic rings. The number of nitrogens with one attached hydrogen (secondary N) is 1. The Morgan fingerprint density at radius 1 is 0.829 bits per heavy atom. The molecular formula is C27H33Cl2N3O3. The van der Waals surface area contributed by atoms with Gasteiger partial charge in [-0.3, -0.25) is 4.98 Å². The van der Waals surface area contributed by atoms with Crippen molar-refractivity contribution in [3.63, 3.8) is 0 Å². The number of aromatic nitrogens is 2. The van der Waals surface area contributed by atoms with Crippen molar-refractivity contribution in [1.82, 2.24) is 9.97 Å². The highest BCUT2D eigenvalue weighted by molar-refractivity contribution is 5.91. The van der Waals surface area contributed by atoms with Crippen LogP contribution in [-0.4, -0.2) is 37.8 Å². The van der Waals surface area contributed by atoms with Gasteiger partial charge in [0.25, 0.3) is 0 Å². The highest BCUT2D eigenvalue weighted by atomic mass is 35.5. The van der Waals surface area contributed by atoms with Crippen LogP contribution in [0.5, 0.6) is 17.2 Å². The molecule has 0 atom stereocenters. The van der Waals surface area contributed by atoms with E-state index in [1.807, 2.05) is 30.5 Å². The van der Waals surface area contributed by atoms with Gasteiger partial charge in [-0.15, -0.1) is 24.8 Å². The van der Waals surface area contributed by atoms with Crippen molar-refractivity contribution >= 4 is 52.3 Å². The number of hydrogen-bond donors (Lipinski definition) is 1. The van der Waals surface area contributed by atoms with Gasteiger partial charge in [0.05, 0.1) is 26.8 Å². The molecule has 2 heterocycles. The maximum absolute atomic E-state index is 5.61. The Morgan fingerprint density at radius 2 is 1.54 bits per heavy atom. The number of hydrogen-bond acceptors (Lipinski definition) is 6. The Balaban J connectivity index is 0.00000216. The molecule has 0 unspecified atom stereocenters. The molecule has 188 valence electrons. The SMILES string of the molecule is CCCc1ncc(Cc2cc3cc(OC)ccc3nc2NCC)c2cc(OC)c(OC)cc12.Cl.Cl. The zero-order valence-electron chi connectivity index (χ0n) is 20.8. The lowest BCUT2D eigenvalue weighted by molar-refractivity contribution is 0.356. The zero-order chi connectivity index (χ0) is 23.4. The molecule has 8 heteroatoms. The van der Waals surface area contributed by atoms with Gasteiger partial charge in [0.15, 0.2) is 11.5 Å². The molecule has 0 spiro atoms. The summed E-state index contributed by atoms with van der Waals surface area (Å²) in [5, 5.41) is 6.71. The molecule has 0 aliphatic heterocycles. The average molecular weight is 518 g/mol. The average Bonchev–Trinajstić information content (AvgIpc) is 2.84. The van der Waals surface area contributed by atoms with Crippen LogP contribution in [-0.2, 0) is 12.8 Å². The minimum atomic E-state index is 0. The number of fused-ring (bicyclic) bond motifs is 2. The third-order valence-corrected chi connectivity index (χ3v) is 5.87. The fraction of sp³-hybridized carbons (Fsp3) is 0.333. The van der Waals surface area contributed by atoms with Crippen molar-refractivity contribution in [2.75, 3.05) is 33.2 Å². The summed E-state index contributed by atoms with van der Waals surface area (Å²) in [6, 6.07) is 12.3. The summed E-state index contributed by atoms with van der Waals surface area (Å²) in [6.07, 6.45) is 4.61. The summed E-state index contributed by atoms with van der Waals surface area (Å²) in [7, 11) is 5.01. The highest BCUT2D eigenvalue weighted by Crippen LogP contribution is 2.36. The molecule has 4 rings (SSSR count). The molecule has 0 bridgehead atoms. The number of anilines is 1. The van der Waals surface area contributed by atoms with E-state index in [1.54, 1.807) is 21.3 Å². The maximum Gasteiger partial charge on any atom is 0.161 e. The van der Waals surface area contributed by atoms with Crippen LogP contribution in [0.1, 0.15) is 37.1 Å². The van der Waals surface area contributed by atoms with Gasteiger partial charge in [0, 0.05) is 35.6 Å². The minimum absolute atomic E-state index is 0. The minimum Gasteiger partial charge on any atom is -0.497 e. The van der Waals surface area contributed by atoms with Crippen LogP contribution in [0, 0.1) is 0 Å². The highest BCUT2D eigenvalue weighted by Gasteiger charge is 2.16. The molecule has 4 aromatic rings. The molecule has 0 saturated carbocycles. The molecule has 0 amide bonds. The van der Waals surface area contributed by atoms with Crippen LogP contribution in [0.25, 0.3) is 21.7 Å². The van der Waals surface area contributed by atoms with Gasteiger partial charge in [-0.05, 0) is 66.3 Å². The smallest absolute Gasteiger partial charge is 0.161 e. The van der Waals surface area contributed by atoms with E-state index >= 15 is 0 Å². The van der Waals surface area contributed by atoms with Crippen molar-refractivity contribution in [3.05, 3.63) is 59.4 Å². The zero-order valence-corrected chi connectivity index (χ0v) is 22.4. The number of pyridine rings is 2. The van der Waals surface area contributed by atoms with E-state index in [0.717, 1.165) is 69.4 Å². The number of rotatable bonds is 9. The largest absolute Gasteiger partial charge is 0.497 e. The van der Waals surface area contributed by atoms with Crippen LogP contribution >= 0.6 is 24.8 Å². The van der Waals surface area contributed by atoms with Crippen LogP contribution in [0.4, 0.5) is 5.82 Å². The molecule has 6 nitrogen and oxygen atoms in total. The Labute approximate surface area is 219 Å². The van der Waals surface area contributed by atoms with Crippen molar-refractivity contribution in [1.29, 1.82) is 0 Å². The van der Waals surface area contributed by atoms with Crippen LogP contribution in [0.15, 0.2) is 42.6 Å². The van der Waals surface area contributed by atoms with Crippen LogP contribution in [0.2, 0.25) is 0 Å². The molecule has 0 fully saturated rings. The first-order valence-electron chi connectivity index (χ1n) is 11.4. The lowest BCUT2D eigenvalue weighted by atomic mass is 9.97. The predicted molar refractivity (Wildman–Crippen MR) is 149 cm³/mol. The maximum atomic E-state index is 5.61. The van der Waals surface area contributed by atoms with Gasteiger partial charge in [0.2, 0.25) is 0 Å². The first kappa shape index (κ1) is 28.3. The Hall–Kier alpha value is -2.96. The molecule has 0 radical (unpaired) electrons. The number of nitrogens with zero attached hydrogens (tertiary/aromatic N) is 2. The lowest BCUT2D eigenvalue weighted by Gasteiger charge is -2.16. The second-order valence-electron chi connectivity index (χ2n) is 7.99. The standard InChI is InChI=1S/C27H31N3O3.2ClH/c1-6-8-24-22-15-26(33-5)25(32-4)14-21(22)19(16-29-24)12-18-11-17-13-20(31-3)9-10-23(17)30-27(18)28-7-2;;/h9-11,13-16H,6-8,12H2,1-5H3,(H,28,30);2*1H. The molecular weight excluding hydrogens is 485 g/mol. The monoisotopic (exact) mass is 517 g/mol. The Bertz CT molecular complexity index is 1300. The number of methoxy groups -OCH3 is 3. The van der Waals surface area contributed by atoms with Gasteiger partial charge < -0.3 is 19.5 Å². The third-order valence-electron chi connectivity index (χ3n) is 5.87. The first-order valence-corrected chi connectivity index (χ1v) is 11.4. The van der Waals surface area contributed by atoms with E-state index in [9.17, 15) is 0 Å².